The summed E-state index contributed by atoms with van der Waals surface area (Å²) in [6, 6.07) is 4.85. The van der Waals surface area contributed by atoms with Gasteiger partial charge in [0.25, 0.3) is 0 Å². The van der Waals surface area contributed by atoms with Gasteiger partial charge in [-0.15, -0.1) is 0 Å². The van der Waals surface area contributed by atoms with Crippen LogP contribution in [0.2, 0.25) is 0 Å². The third-order valence-electron chi connectivity index (χ3n) is 2.66. The molecule has 0 amide bonds. The number of alkyl halides is 3. The van der Waals surface area contributed by atoms with Crippen molar-refractivity contribution in [1.29, 1.82) is 0 Å². The molecule has 6 heteroatoms. The summed E-state index contributed by atoms with van der Waals surface area (Å²) in [6.45, 7) is 3.25. The van der Waals surface area contributed by atoms with Crippen LogP contribution in [-0.4, -0.2) is 11.5 Å². The first-order valence-electron chi connectivity index (χ1n) is 5.83. The first-order valence-corrected chi connectivity index (χ1v) is 5.83. The van der Waals surface area contributed by atoms with Crippen molar-refractivity contribution in [2.45, 2.75) is 19.6 Å². The molecule has 1 heterocycles. The average Bonchev–Trinajstić information content (AvgIpc) is 2.83. The van der Waals surface area contributed by atoms with E-state index in [2.05, 4.69) is 10.3 Å². The van der Waals surface area contributed by atoms with Crippen molar-refractivity contribution < 1.29 is 17.6 Å². The largest absolute Gasteiger partial charge is 0.443 e. The maximum Gasteiger partial charge on any atom is 0.416 e. The number of hydrogen-bond donors (Lipinski definition) is 1. The lowest BCUT2D eigenvalue weighted by atomic mass is 10.1. The van der Waals surface area contributed by atoms with Gasteiger partial charge in [-0.1, -0.05) is 19.1 Å². The van der Waals surface area contributed by atoms with Crippen LogP contribution < -0.4 is 5.32 Å². The smallest absolute Gasteiger partial charge is 0.416 e. The van der Waals surface area contributed by atoms with E-state index in [1.807, 2.05) is 6.92 Å². The Hall–Kier alpha value is -1.82. The van der Waals surface area contributed by atoms with Crippen LogP contribution in [0.4, 0.5) is 13.2 Å². The number of nitrogens with zero attached hydrogens (tertiary/aromatic N) is 1. The Morgan fingerprint density at radius 1 is 1.21 bits per heavy atom. The van der Waals surface area contributed by atoms with Gasteiger partial charge in [0.05, 0.1) is 5.56 Å². The van der Waals surface area contributed by atoms with Crippen molar-refractivity contribution in [3.05, 3.63) is 41.9 Å². The monoisotopic (exact) mass is 270 g/mol. The number of halogens is 3. The first kappa shape index (κ1) is 13.6. The third-order valence-corrected chi connectivity index (χ3v) is 2.66. The van der Waals surface area contributed by atoms with E-state index in [0.717, 1.165) is 18.7 Å². The van der Waals surface area contributed by atoms with Gasteiger partial charge in [-0.3, -0.25) is 0 Å². The molecule has 0 unspecified atom stereocenters. The zero-order valence-corrected chi connectivity index (χ0v) is 10.3. The summed E-state index contributed by atoms with van der Waals surface area (Å²) in [5.41, 5.74) is 0.587. The third kappa shape index (κ3) is 3.14. The van der Waals surface area contributed by atoms with E-state index in [1.165, 1.54) is 18.5 Å². The molecule has 1 aromatic carbocycles. The molecule has 2 aromatic rings. The highest BCUT2D eigenvalue weighted by molar-refractivity contribution is 5.60. The van der Waals surface area contributed by atoms with Crippen LogP contribution in [0, 0.1) is 0 Å². The maximum atomic E-state index is 12.5. The van der Waals surface area contributed by atoms with E-state index in [9.17, 15) is 13.2 Å². The van der Waals surface area contributed by atoms with Gasteiger partial charge in [0, 0.05) is 12.1 Å². The second-order valence-electron chi connectivity index (χ2n) is 3.98. The lowest BCUT2D eigenvalue weighted by molar-refractivity contribution is -0.137. The van der Waals surface area contributed by atoms with E-state index >= 15 is 0 Å². The Labute approximate surface area is 108 Å². The summed E-state index contributed by atoms with van der Waals surface area (Å²) >= 11 is 0. The summed E-state index contributed by atoms with van der Waals surface area (Å²) < 4.78 is 42.6. The highest BCUT2D eigenvalue weighted by atomic mass is 19.4. The lowest BCUT2D eigenvalue weighted by Gasteiger charge is -2.07. The second-order valence-corrected chi connectivity index (χ2v) is 3.98. The number of aromatic nitrogens is 1. The van der Waals surface area contributed by atoms with Crippen LogP contribution in [0.25, 0.3) is 11.3 Å². The second kappa shape index (κ2) is 5.44. The van der Waals surface area contributed by atoms with Gasteiger partial charge in [-0.05, 0) is 18.7 Å². The van der Waals surface area contributed by atoms with Crippen LogP contribution in [-0.2, 0) is 12.7 Å². The summed E-state index contributed by atoms with van der Waals surface area (Å²) in [5, 5.41) is 3.09. The number of hydrogen-bond acceptors (Lipinski definition) is 3. The summed E-state index contributed by atoms with van der Waals surface area (Å²) in [7, 11) is 0. The summed E-state index contributed by atoms with van der Waals surface area (Å²) in [4.78, 5) is 4.05. The fourth-order valence-electron chi connectivity index (χ4n) is 1.68. The van der Waals surface area contributed by atoms with E-state index in [-0.39, 0.29) is 0 Å². The van der Waals surface area contributed by atoms with Crippen molar-refractivity contribution in [2.24, 2.45) is 0 Å². The fourth-order valence-corrected chi connectivity index (χ4v) is 1.68. The van der Waals surface area contributed by atoms with Crippen LogP contribution in [0.15, 0.2) is 35.1 Å². The van der Waals surface area contributed by atoms with Gasteiger partial charge in [0.2, 0.25) is 0 Å². The molecule has 0 aliphatic heterocycles. The molecule has 102 valence electrons. The minimum Gasteiger partial charge on any atom is -0.443 e. The normalized spacial score (nSPS) is 11.8. The van der Waals surface area contributed by atoms with Crippen LogP contribution in [0.1, 0.15) is 18.2 Å². The van der Waals surface area contributed by atoms with Crippen LogP contribution in [0.3, 0.4) is 0 Å². The molecule has 0 bridgehead atoms. The van der Waals surface area contributed by atoms with Crippen LogP contribution >= 0.6 is 0 Å². The Bertz CT molecular complexity index is 532. The van der Waals surface area contributed by atoms with Crippen molar-refractivity contribution >= 4 is 0 Å². The zero-order chi connectivity index (χ0) is 13.9. The topological polar surface area (TPSA) is 38.1 Å². The molecule has 0 aliphatic rings. The minimum atomic E-state index is -4.33. The summed E-state index contributed by atoms with van der Waals surface area (Å²) in [6.07, 6.45) is -3.04. The Kier molecular flexibility index (Phi) is 3.90. The fraction of sp³-hybridized carbons (Fsp3) is 0.308. The highest BCUT2D eigenvalue weighted by Gasteiger charge is 2.30. The Balaban J connectivity index is 2.25. The SMILES string of the molecule is CCNCc1ncoc1-c1ccc(C(F)(F)F)cc1. The van der Waals surface area contributed by atoms with Crippen molar-refractivity contribution in [1.82, 2.24) is 10.3 Å². The molecule has 2 rings (SSSR count). The molecule has 0 spiro atoms. The molecule has 0 saturated carbocycles. The van der Waals surface area contributed by atoms with Crippen molar-refractivity contribution in [3.63, 3.8) is 0 Å². The van der Waals surface area contributed by atoms with Gasteiger partial charge in [0.15, 0.2) is 12.2 Å². The van der Waals surface area contributed by atoms with Crippen molar-refractivity contribution in [2.75, 3.05) is 6.54 Å². The number of nitrogens with one attached hydrogen (secondary N) is 1. The predicted octanol–water partition coefficient (Wildman–Crippen LogP) is 3.47. The molecule has 1 aromatic heterocycles. The molecule has 0 saturated heterocycles. The predicted molar refractivity (Wildman–Crippen MR) is 64.3 cm³/mol. The summed E-state index contributed by atoms with van der Waals surface area (Å²) in [5.74, 6) is 0.495. The Morgan fingerprint density at radius 2 is 1.89 bits per heavy atom. The van der Waals surface area contributed by atoms with Crippen molar-refractivity contribution in [3.8, 4) is 11.3 Å². The quantitative estimate of drug-likeness (QED) is 0.924. The molecule has 0 atom stereocenters. The van der Waals surface area contributed by atoms with E-state index in [0.29, 0.717) is 23.6 Å². The van der Waals surface area contributed by atoms with Gasteiger partial charge in [0.1, 0.15) is 5.69 Å². The maximum absolute atomic E-state index is 12.5. The lowest BCUT2D eigenvalue weighted by Crippen LogP contribution is -2.12. The van der Waals surface area contributed by atoms with E-state index < -0.39 is 11.7 Å². The average molecular weight is 270 g/mol. The molecule has 0 fully saturated rings. The minimum absolute atomic E-state index is 0.495. The van der Waals surface area contributed by atoms with Gasteiger partial charge >= 0.3 is 6.18 Å². The van der Waals surface area contributed by atoms with Gasteiger partial charge < -0.3 is 9.73 Å². The van der Waals surface area contributed by atoms with Crippen LogP contribution in [0.5, 0.6) is 0 Å². The molecule has 0 radical (unpaired) electrons. The number of oxazole rings is 1. The standard InChI is InChI=1S/C13H13F3N2O/c1-2-17-7-11-12(19-8-18-11)9-3-5-10(6-4-9)13(14,15)16/h3-6,8,17H,2,7H2,1H3. The molecule has 1 N–H and O–H groups in total. The molecule has 19 heavy (non-hydrogen) atoms. The Morgan fingerprint density at radius 3 is 2.47 bits per heavy atom. The zero-order valence-electron chi connectivity index (χ0n) is 10.3. The highest BCUT2D eigenvalue weighted by Crippen LogP contribution is 2.31. The molecular weight excluding hydrogens is 257 g/mol. The number of rotatable bonds is 4. The van der Waals surface area contributed by atoms with E-state index in [4.69, 9.17) is 4.42 Å². The first-order chi connectivity index (χ1) is 9.02. The van der Waals surface area contributed by atoms with E-state index in [1.54, 1.807) is 0 Å². The van der Waals surface area contributed by atoms with Gasteiger partial charge in [-0.25, -0.2) is 4.98 Å². The number of benzene rings is 1. The molecule has 3 nitrogen and oxygen atoms in total. The molecule has 0 aliphatic carbocycles. The molecular formula is C13H13F3N2O. The van der Waals surface area contributed by atoms with Gasteiger partial charge in [-0.2, -0.15) is 13.2 Å².